The summed E-state index contributed by atoms with van der Waals surface area (Å²) in [7, 11) is 2.11. The van der Waals surface area contributed by atoms with Crippen molar-refractivity contribution in [2.24, 2.45) is 0 Å². The first kappa shape index (κ1) is 16.9. The van der Waals surface area contributed by atoms with E-state index in [1.807, 2.05) is 23.1 Å². The van der Waals surface area contributed by atoms with Gasteiger partial charge in [-0.3, -0.25) is 14.5 Å². The molecule has 2 amide bonds. The Hall–Kier alpha value is -1.92. The summed E-state index contributed by atoms with van der Waals surface area (Å²) in [5.41, 5.74) is 2.93. The molecule has 0 aromatic heterocycles. The highest BCUT2D eigenvalue weighted by Gasteiger charge is 2.21. The van der Waals surface area contributed by atoms with Crippen molar-refractivity contribution in [3.8, 4) is 0 Å². The first-order valence-corrected chi connectivity index (χ1v) is 8.65. The maximum absolute atomic E-state index is 12.3. The number of hydrogen-bond acceptors (Lipinski definition) is 4. The van der Waals surface area contributed by atoms with Crippen molar-refractivity contribution >= 4 is 23.2 Å². The van der Waals surface area contributed by atoms with Gasteiger partial charge in [-0.2, -0.15) is 0 Å². The Morgan fingerprint density at radius 2 is 1.88 bits per heavy atom. The van der Waals surface area contributed by atoms with E-state index >= 15 is 0 Å². The summed E-state index contributed by atoms with van der Waals surface area (Å²) in [5, 5.41) is 3.00. The topological polar surface area (TPSA) is 55.9 Å². The molecule has 0 saturated carbocycles. The van der Waals surface area contributed by atoms with Crippen LogP contribution in [0.3, 0.4) is 0 Å². The summed E-state index contributed by atoms with van der Waals surface area (Å²) in [6, 6.07) is 5.84. The smallest absolute Gasteiger partial charge is 0.238 e. The fourth-order valence-corrected chi connectivity index (χ4v) is 3.41. The molecule has 6 nitrogen and oxygen atoms in total. The largest absolute Gasteiger partial charge is 0.325 e. The van der Waals surface area contributed by atoms with E-state index in [1.54, 1.807) is 6.92 Å². The van der Waals surface area contributed by atoms with Crippen LogP contribution >= 0.6 is 0 Å². The third kappa shape index (κ3) is 3.94. The number of carbonyl (C=O) groups is 2. The van der Waals surface area contributed by atoms with Crippen molar-refractivity contribution in [2.75, 3.05) is 56.5 Å². The molecule has 24 heavy (non-hydrogen) atoms. The van der Waals surface area contributed by atoms with Gasteiger partial charge < -0.3 is 15.1 Å². The number of hydrogen-bond donors (Lipinski definition) is 1. The minimum Gasteiger partial charge on any atom is -0.325 e. The van der Waals surface area contributed by atoms with Crippen LogP contribution in [0.5, 0.6) is 0 Å². The van der Waals surface area contributed by atoms with Crippen LogP contribution in [-0.4, -0.2) is 67.9 Å². The number of carbonyl (C=O) groups excluding carboxylic acids is 2. The Labute approximate surface area is 143 Å². The summed E-state index contributed by atoms with van der Waals surface area (Å²) >= 11 is 0. The molecule has 0 spiro atoms. The number of amides is 2. The average Bonchev–Trinajstić information content (AvgIpc) is 2.56. The first-order chi connectivity index (χ1) is 11.5. The Morgan fingerprint density at radius 3 is 2.58 bits per heavy atom. The van der Waals surface area contributed by atoms with E-state index in [9.17, 15) is 9.59 Å². The molecule has 0 atom stereocenters. The van der Waals surface area contributed by atoms with E-state index < -0.39 is 0 Å². The van der Waals surface area contributed by atoms with Crippen molar-refractivity contribution in [2.45, 2.75) is 19.8 Å². The van der Waals surface area contributed by atoms with Gasteiger partial charge in [-0.1, -0.05) is 0 Å². The summed E-state index contributed by atoms with van der Waals surface area (Å²) in [5.74, 6) is 0.0986. The molecule has 6 heteroatoms. The van der Waals surface area contributed by atoms with Gasteiger partial charge in [-0.25, -0.2) is 0 Å². The van der Waals surface area contributed by atoms with Gasteiger partial charge in [0.15, 0.2) is 0 Å². The van der Waals surface area contributed by atoms with Crippen molar-refractivity contribution in [1.82, 2.24) is 9.80 Å². The predicted octanol–water partition coefficient (Wildman–Crippen LogP) is 1.17. The second-order valence-electron chi connectivity index (χ2n) is 6.75. The molecule has 0 unspecified atom stereocenters. The second-order valence-corrected chi connectivity index (χ2v) is 6.75. The predicted molar refractivity (Wildman–Crippen MR) is 95.4 cm³/mol. The summed E-state index contributed by atoms with van der Waals surface area (Å²) < 4.78 is 0. The number of nitrogens with one attached hydrogen (secondary N) is 1. The zero-order chi connectivity index (χ0) is 17.1. The van der Waals surface area contributed by atoms with Crippen LogP contribution < -0.4 is 10.2 Å². The number of likely N-dealkylation sites (N-methyl/N-ethyl adjacent to an activating group) is 1. The fourth-order valence-electron chi connectivity index (χ4n) is 3.41. The molecule has 130 valence electrons. The molecule has 0 aliphatic carbocycles. The molecular formula is C18H26N4O2. The summed E-state index contributed by atoms with van der Waals surface area (Å²) in [4.78, 5) is 30.3. The lowest BCUT2D eigenvalue weighted by Crippen LogP contribution is -2.47. The van der Waals surface area contributed by atoms with E-state index in [0.717, 1.165) is 62.5 Å². The monoisotopic (exact) mass is 330 g/mol. The second kappa shape index (κ2) is 7.32. The maximum atomic E-state index is 12.3. The van der Waals surface area contributed by atoms with Crippen molar-refractivity contribution in [3.05, 3.63) is 23.8 Å². The number of aryl methyl sites for hydroxylation is 1. The number of rotatable bonds is 3. The van der Waals surface area contributed by atoms with Gasteiger partial charge in [-0.05, 0) is 43.7 Å². The van der Waals surface area contributed by atoms with E-state index in [2.05, 4.69) is 22.2 Å². The SMILES string of the molecule is CC(=O)N1CCCc2cc(NC(=O)CN3CCN(C)CC3)ccc21. The van der Waals surface area contributed by atoms with Crippen LogP contribution in [0, 0.1) is 0 Å². The molecule has 0 radical (unpaired) electrons. The van der Waals surface area contributed by atoms with Crippen LogP contribution in [0.4, 0.5) is 11.4 Å². The third-order valence-electron chi connectivity index (χ3n) is 4.83. The Balaban J connectivity index is 1.61. The van der Waals surface area contributed by atoms with E-state index in [4.69, 9.17) is 0 Å². The molecule has 1 saturated heterocycles. The minimum atomic E-state index is 0.0266. The lowest BCUT2D eigenvalue weighted by molar-refractivity contribution is -0.118. The highest BCUT2D eigenvalue weighted by Crippen LogP contribution is 2.29. The van der Waals surface area contributed by atoms with Gasteiger partial charge in [-0.15, -0.1) is 0 Å². The van der Waals surface area contributed by atoms with Gasteiger partial charge in [0.2, 0.25) is 11.8 Å². The molecule has 3 rings (SSSR count). The first-order valence-electron chi connectivity index (χ1n) is 8.65. The van der Waals surface area contributed by atoms with E-state index in [-0.39, 0.29) is 11.8 Å². The molecule has 1 fully saturated rings. The van der Waals surface area contributed by atoms with Crippen LogP contribution in [0.2, 0.25) is 0 Å². The highest BCUT2D eigenvalue weighted by molar-refractivity contribution is 5.95. The number of nitrogens with zero attached hydrogens (tertiary/aromatic N) is 3. The molecule has 2 heterocycles. The molecule has 2 aliphatic rings. The zero-order valence-electron chi connectivity index (χ0n) is 14.5. The Kier molecular flexibility index (Phi) is 5.16. The standard InChI is InChI=1S/C18H26N4O2/c1-14(23)22-7-3-4-15-12-16(5-6-17(15)22)19-18(24)13-21-10-8-20(2)9-11-21/h5-6,12H,3-4,7-11,13H2,1-2H3,(H,19,24). The van der Waals surface area contributed by atoms with Crippen molar-refractivity contribution in [3.63, 3.8) is 0 Å². The normalized spacial score (nSPS) is 19.0. The van der Waals surface area contributed by atoms with E-state index in [0.29, 0.717) is 6.54 Å². The highest BCUT2D eigenvalue weighted by atomic mass is 16.2. The third-order valence-corrected chi connectivity index (χ3v) is 4.83. The molecule has 2 aliphatic heterocycles. The Morgan fingerprint density at radius 1 is 1.12 bits per heavy atom. The number of anilines is 2. The van der Waals surface area contributed by atoms with E-state index in [1.165, 1.54) is 0 Å². The van der Waals surface area contributed by atoms with Gasteiger partial charge in [0.1, 0.15) is 0 Å². The molecule has 1 aromatic carbocycles. The number of piperazine rings is 1. The van der Waals surface area contributed by atoms with Crippen LogP contribution in [0.25, 0.3) is 0 Å². The van der Waals surface area contributed by atoms with Crippen LogP contribution in [0.15, 0.2) is 18.2 Å². The van der Waals surface area contributed by atoms with Crippen LogP contribution in [-0.2, 0) is 16.0 Å². The average molecular weight is 330 g/mol. The van der Waals surface area contributed by atoms with Gasteiger partial charge in [0.05, 0.1) is 6.54 Å². The number of fused-ring (bicyclic) bond motifs is 1. The molecule has 0 bridgehead atoms. The molecule has 1 aromatic rings. The molecular weight excluding hydrogens is 304 g/mol. The summed E-state index contributed by atoms with van der Waals surface area (Å²) in [6.45, 7) is 6.69. The van der Waals surface area contributed by atoms with Crippen LogP contribution in [0.1, 0.15) is 18.9 Å². The quantitative estimate of drug-likeness (QED) is 0.904. The number of benzene rings is 1. The van der Waals surface area contributed by atoms with Gasteiger partial charge >= 0.3 is 0 Å². The fraction of sp³-hybridized carbons (Fsp3) is 0.556. The van der Waals surface area contributed by atoms with Gasteiger partial charge in [0, 0.05) is 51.0 Å². The Bertz CT molecular complexity index is 623. The lowest BCUT2D eigenvalue weighted by Gasteiger charge is -2.32. The maximum Gasteiger partial charge on any atom is 0.238 e. The van der Waals surface area contributed by atoms with Crippen molar-refractivity contribution in [1.29, 1.82) is 0 Å². The lowest BCUT2D eigenvalue weighted by atomic mass is 10.0. The van der Waals surface area contributed by atoms with Gasteiger partial charge in [0.25, 0.3) is 0 Å². The van der Waals surface area contributed by atoms with Crippen molar-refractivity contribution < 1.29 is 9.59 Å². The summed E-state index contributed by atoms with van der Waals surface area (Å²) in [6.07, 6.45) is 1.91. The minimum absolute atomic E-state index is 0.0266. The zero-order valence-corrected chi connectivity index (χ0v) is 14.5. The molecule has 1 N–H and O–H groups in total.